The predicted molar refractivity (Wildman–Crippen MR) is 55.9 cm³/mol. The minimum absolute atomic E-state index is 0.0437. The molecule has 1 aliphatic rings. The van der Waals surface area contributed by atoms with Gasteiger partial charge in [-0.2, -0.15) is 0 Å². The Bertz CT molecular complexity index is 192. The summed E-state index contributed by atoms with van der Waals surface area (Å²) in [6.45, 7) is 4.77. The van der Waals surface area contributed by atoms with Crippen LogP contribution >= 0.6 is 0 Å². The van der Waals surface area contributed by atoms with Crippen molar-refractivity contribution in [3.8, 4) is 0 Å². The Morgan fingerprint density at radius 1 is 1.43 bits per heavy atom. The van der Waals surface area contributed by atoms with Gasteiger partial charge in [-0.05, 0) is 12.8 Å². The lowest BCUT2D eigenvalue weighted by atomic mass is 10.1. The fourth-order valence-electron chi connectivity index (χ4n) is 1.99. The van der Waals surface area contributed by atoms with Gasteiger partial charge < -0.3 is 10.0 Å². The van der Waals surface area contributed by atoms with Crippen LogP contribution in [0.15, 0.2) is 0 Å². The SMILES string of the molecule is CC(C)C(=O)N1CCCCCC1CO. The normalized spacial score (nSPS) is 23.7. The molecule has 0 aromatic rings. The summed E-state index contributed by atoms with van der Waals surface area (Å²) in [5.74, 6) is 0.230. The molecule has 0 aromatic heterocycles. The summed E-state index contributed by atoms with van der Waals surface area (Å²) in [7, 11) is 0. The minimum atomic E-state index is 0.0437. The van der Waals surface area contributed by atoms with Crippen molar-refractivity contribution in [3.05, 3.63) is 0 Å². The highest BCUT2D eigenvalue weighted by Gasteiger charge is 2.25. The first-order chi connectivity index (χ1) is 6.66. The van der Waals surface area contributed by atoms with Crippen molar-refractivity contribution in [3.63, 3.8) is 0 Å². The highest BCUT2D eigenvalue weighted by molar-refractivity contribution is 5.78. The summed E-state index contributed by atoms with van der Waals surface area (Å²) >= 11 is 0. The van der Waals surface area contributed by atoms with E-state index in [0.717, 1.165) is 25.8 Å². The van der Waals surface area contributed by atoms with Gasteiger partial charge in [0.1, 0.15) is 0 Å². The molecule has 1 rings (SSSR count). The number of amides is 1. The summed E-state index contributed by atoms with van der Waals surface area (Å²) in [4.78, 5) is 13.7. The number of carbonyl (C=O) groups is 1. The molecule has 1 unspecified atom stereocenters. The molecule has 3 nitrogen and oxygen atoms in total. The second kappa shape index (κ2) is 5.35. The summed E-state index contributed by atoms with van der Waals surface area (Å²) < 4.78 is 0. The van der Waals surface area contributed by atoms with Crippen molar-refractivity contribution in [2.45, 2.75) is 45.6 Å². The van der Waals surface area contributed by atoms with E-state index in [-0.39, 0.29) is 24.5 Å². The van der Waals surface area contributed by atoms with Crippen molar-refractivity contribution in [1.29, 1.82) is 0 Å². The lowest BCUT2D eigenvalue weighted by Gasteiger charge is -2.30. The van der Waals surface area contributed by atoms with Crippen LogP contribution in [0.5, 0.6) is 0 Å². The molecule has 0 radical (unpaired) electrons. The fraction of sp³-hybridized carbons (Fsp3) is 0.909. The van der Waals surface area contributed by atoms with E-state index in [4.69, 9.17) is 0 Å². The van der Waals surface area contributed by atoms with E-state index in [1.807, 2.05) is 18.7 Å². The smallest absolute Gasteiger partial charge is 0.225 e. The molecule has 1 heterocycles. The summed E-state index contributed by atoms with van der Waals surface area (Å²) in [5.41, 5.74) is 0. The van der Waals surface area contributed by atoms with Crippen LogP contribution in [0.3, 0.4) is 0 Å². The van der Waals surface area contributed by atoms with E-state index in [1.54, 1.807) is 0 Å². The number of aliphatic hydroxyl groups excluding tert-OH is 1. The van der Waals surface area contributed by atoms with E-state index in [2.05, 4.69) is 0 Å². The Hall–Kier alpha value is -0.570. The minimum Gasteiger partial charge on any atom is -0.394 e. The molecular weight excluding hydrogens is 178 g/mol. The predicted octanol–water partition coefficient (Wildman–Crippen LogP) is 1.41. The Morgan fingerprint density at radius 3 is 2.71 bits per heavy atom. The molecule has 1 saturated heterocycles. The maximum Gasteiger partial charge on any atom is 0.225 e. The molecule has 0 aromatic carbocycles. The first-order valence-electron chi connectivity index (χ1n) is 5.58. The van der Waals surface area contributed by atoms with Crippen LogP contribution in [-0.4, -0.2) is 35.1 Å². The molecule has 1 N–H and O–H groups in total. The Labute approximate surface area is 86.1 Å². The van der Waals surface area contributed by atoms with E-state index in [0.29, 0.717) is 0 Å². The van der Waals surface area contributed by atoms with Crippen LogP contribution in [0.2, 0.25) is 0 Å². The van der Waals surface area contributed by atoms with Crippen molar-refractivity contribution in [1.82, 2.24) is 4.90 Å². The largest absolute Gasteiger partial charge is 0.394 e. The molecule has 0 bridgehead atoms. The van der Waals surface area contributed by atoms with E-state index < -0.39 is 0 Å². The molecule has 0 spiro atoms. The molecule has 1 aliphatic heterocycles. The van der Waals surface area contributed by atoms with Crippen LogP contribution in [0.25, 0.3) is 0 Å². The molecule has 14 heavy (non-hydrogen) atoms. The highest BCUT2D eigenvalue weighted by atomic mass is 16.3. The number of aliphatic hydroxyl groups is 1. The number of carbonyl (C=O) groups excluding carboxylic acids is 1. The van der Waals surface area contributed by atoms with E-state index in [1.165, 1.54) is 6.42 Å². The van der Waals surface area contributed by atoms with Gasteiger partial charge in [-0.1, -0.05) is 26.7 Å². The third kappa shape index (κ3) is 2.71. The van der Waals surface area contributed by atoms with E-state index in [9.17, 15) is 9.90 Å². The quantitative estimate of drug-likeness (QED) is 0.730. The summed E-state index contributed by atoms with van der Waals surface area (Å²) in [5, 5.41) is 9.22. The van der Waals surface area contributed by atoms with Gasteiger partial charge in [0.05, 0.1) is 12.6 Å². The van der Waals surface area contributed by atoms with Crippen molar-refractivity contribution < 1.29 is 9.90 Å². The average Bonchev–Trinajstić information content (AvgIpc) is 2.40. The number of hydrogen-bond acceptors (Lipinski definition) is 2. The zero-order chi connectivity index (χ0) is 10.6. The van der Waals surface area contributed by atoms with Gasteiger partial charge in [0.25, 0.3) is 0 Å². The zero-order valence-corrected chi connectivity index (χ0v) is 9.20. The monoisotopic (exact) mass is 199 g/mol. The lowest BCUT2D eigenvalue weighted by molar-refractivity contribution is -0.137. The highest BCUT2D eigenvalue weighted by Crippen LogP contribution is 2.18. The molecular formula is C11H21NO2. The number of hydrogen-bond donors (Lipinski definition) is 1. The third-order valence-electron chi connectivity index (χ3n) is 2.86. The topological polar surface area (TPSA) is 40.5 Å². The maximum atomic E-state index is 11.8. The molecule has 82 valence electrons. The standard InChI is InChI=1S/C11H21NO2/c1-9(2)11(14)12-7-5-3-4-6-10(12)8-13/h9-10,13H,3-8H2,1-2H3. The second-order valence-electron chi connectivity index (χ2n) is 4.37. The molecule has 0 aliphatic carbocycles. The van der Waals surface area contributed by atoms with Crippen LogP contribution in [0, 0.1) is 5.92 Å². The second-order valence-corrected chi connectivity index (χ2v) is 4.37. The van der Waals surface area contributed by atoms with Gasteiger partial charge >= 0.3 is 0 Å². The van der Waals surface area contributed by atoms with E-state index >= 15 is 0 Å². The van der Waals surface area contributed by atoms with Gasteiger partial charge in [0.15, 0.2) is 0 Å². The fourth-order valence-corrected chi connectivity index (χ4v) is 1.99. The van der Waals surface area contributed by atoms with Gasteiger partial charge in [0.2, 0.25) is 5.91 Å². The Morgan fingerprint density at radius 2 is 2.14 bits per heavy atom. The van der Waals surface area contributed by atoms with Gasteiger partial charge in [-0.15, -0.1) is 0 Å². The van der Waals surface area contributed by atoms with Crippen molar-refractivity contribution >= 4 is 5.91 Å². The molecule has 0 saturated carbocycles. The number of nitrogens with zero attached hydrogens (tertiary/aromatic N) is 1. The van der Waals surface area contributed by atoms with Crippen molar-refractivity contribution in [2.24, 2.45) is 5.92 Å². The van der Waals surface area contributed by atoms with Crippen LogP contribution in [0.4, 0.5) is 0 Å². The third-order valence-corrected chi connectivity index (χ3v) is 2.86. The van der Waals surface area contributed by atoms with Crippen LogP contribution < -0.4 is 0 Å². The Balaban J connectivity index is 2.65. The first-order valence-corrected chi connectivity index (χ1v) is 5.58. The van der Waals surface area contributed by atoms with Gasteiger partial charge in [-0.25, -0.2) is 0 Å². The maximum absolute atomic E-state index is 11.8. The first kappa shape index (κ1) is 11.5. The molecule has 1 amide bonds. The number of likely N-dealkylation sites (tertiary alicyclic amines) is 1. The average molecular weight is 199 g/mol. The Kier molecular flexibility index (Phi) is 4.39. The summed E-state index contributed by atoms with van der Waals surface area (Å²) in [6, 6.07) is 0.0624. The molecule has 1 atom stereocenters. The van der Waals surface area contributed by atoms with Crippen LogP contribution in [-0.2, 0) is 4.79 Å². The van der Waals surface area contributed by atoms with Crippen LogP contribution in [0.1, 0.15) is 39.5 Å². The molecule has 3 heteroatoms. The van der Waals surface area contributed by atoms with Gasteiger partial charge in [0, 0.05) is 12.5 Å². The number of rotatable bonds is 2. The van der Waals surface area contributed by atoms with Gasteiger partial charge in [-0.3, -0.25) is 4.79 Å². The lowest BCUT2D eigenvalue weighted by Crippen LogP contribution is -2.44. The summed E-state index contributed by atoms with van der Waals surface area (Å²) in [6.07, 6.45) is 4.34. The zero-order valence-electron chi connectivity index (χ0n) is 9.20. The van der Waals surface area contributed by atoms with Crippen molar-refractivity contribution in [2.75, 3.05) is 13.2 Å². The molecule has 1 fully saturated rings.